The van der Waals surface area contributed by atoms with Gasteiger partial charge in [0.1, 0.15) is 11.8 Å². The number of hydrogen-bond donors (Lipinski definition) is 3. The van der Waals surface area contributed by atoms with Gasteiger partial charge in [0.15, 0.2) is 0 Å². The van der Waals surface area contributed by atoms with E-state index in [1.165, 1.54) is 12.1 Å². The summed E-state index contributed by atoms with van der Waals surface area (Å²) < 4.78 is 32.8. The van der Waals surface area contributed by atoms with Crippen LogP contribution in [0, 0.1) is 5.92 Å². The zero-order chi connectivity index (χ0) is 26.6. The maximum absolute atomic E-state index is 12.6. The van der Waals surface area contributed by atoms with E-state index in [0.717, 1.165) is 21.9 Å². The number of rotatable bonds is 8. The molecule has 1 amide bonds. The summed E-state index contributed by atoms with van der Waals surface area (Å²) in [7, 11) is -4.00. The molecular formula is C28H26N2O6S. The number of hydrogen-bond acceptors (Lipinski definition) is 5. The quantitative estimate of drug-likeness (QED) is 0.283. The first-order valence-corrected chi connectivity index (χ1v) is 13.0. The number of carboxylic acid groups (broad SMARTS) is 1. The lowest BCUT2D eigenvalue weighted by molar-refractivity contribution is -0.140. The monoisotopic (exact) mass is 518 g/mol. The minimum Gasteiger partial charge on any atom is -0.480 e. The van der Waals surface area contributed by atoms with Crippen molar-refractivity contribution in [1.82, 2.24) is 4.72 Å². The van der Waals surface area contributed by atoms with Crippen molar-refractivity contribution in [2.75, 3.05) is 5.32 Å². The number of carboxylic acids is 1. The average molecular weight is 519 g/mol. The van der Waals surface area contributed by atoms with E-state index in [1.807, 2.05) is 36.4 Å². The molecule has 190 valence electrons. The molecule has 8 nitrogen and oxygen atoms in total. The van der Waals surface area contributed by atoms with Crippen molar-refractivity contribution >= 4 is 38.5 Å². The third kappa shape index (κ3) is 6.32. The molecule has 0 aromatic heterocycles. The molecule has 4 rings (SSSR count). The van der Waals surface area contributed by atoms with Gasteiger partial charge in [-0.3, -0.25) is 10.1 Å². The van der Waals surface area contributed by atoms with Crippen LogP contribution in [0.4, 0.5) is 10.5 Å². The molecule has 4 aromatic rings. The van der Waals surface area contributed by atoms with E-state index >= 15 is 0 Å². The van der Waals surface area contributed by atoms with Gasteiger partial charge in [-0.1, -0.05) is 68.4 Å². The number of sulfonamides is 1. The van der Waals surface area contributed by atoms with Gasteiger partial charge in [-0.15, -0.1) is 0 Å². The van der Waals surface area contributed by atoms with E-state index in [-0.39, 0.29) is 4.90 Å². The summed E-state index contributed by atoms with van der Waals surface area (Å²) in [4.78, 5) is 23.7. The van der Waals surface area contributed by atoms with Crippen LogP contribution in [-0.2, 0) is 14.8 Å². The van der Waals surface area contributed by atoms with Crippen molar-refractivity contribution in [3.05, 3.63) is 91.0 Å². The smallest absolute Gasteiger partial charge is 0.417 e. The first-order valence-electron chi connectivity index (χ1n) is 11.6. The third-order valence-corrected chi connectivity index (χ3v) is 7.23. The van der Waals surface area contributed by atoms with E-state index in [1.54, 1.807) is 56.3 Å². The zero-order valence-electron chi connectivity index (χ0n) is 20.2. The first-order chi connectivity index (χ1) is 17.6. The van der Waals surface area contributed by atoms with Crippen molar-refractivity contribution in [1.29, 1.82) is 0 Å². The van der Waals surface area contributed by atoms with Crippen LogP contribution in [0.2, 0.25) is 0 Å². The predicted molar refractivity (Wildman–Crippen MR) is 142 cm³/mol. The molecule has 4 aromatic carbocycles. The molecule has 0 heterocycles. The van der Waals surface area contributed by atoms with Gasteiger partial charge in [-0.05, 0) is 64.2 Å². The highest BCUT2D eigenvalue weighted by atomic mass is 32.2. The lowest BCUT2D eigenvalue weighted by atomic mass is 10.1. The molecule has 0 bridgehead atoms. The standard InChI is InChI=1S/C28H26N2O6S/c1-18(2)26(27(31)32)30-37(34,35)25-15-10-21(11-16-25)20-8-13-24(14-9-20)36-28(33)29-23-12-7-19-5-3-4-6-22(19)17-23/h3-18,26,30H,1-2H3,(H,29,33)(H,31,32)/t26-/m1/s1. The van der Waals surface area contributed by atoms with Gasteiger partial charge in [0.05, 0.1) is 4.90 Å². The zero-order valence-corrected chi connectivity index (χ0v) is 21.0. The second-order valence-electron chi connectivity index (χ2n) is 8.81. The SMILES string of the molecule is CC(C)[C@@H](NS(=O)(=O)c1ccc(-c2ccc(OC(=O)Nc3ccc4ccccc4c3)cc2)cc1)C(=O)O. The average Bonchev–Trinajstić information content (AvgIpc) is 2.87. The minimum atomic E-state index is -4.00. The van der Waals surface area contributed by atoms with Crippen LogP contribution in [0.1, 0.15) is 13.8 Å². The lowest BCUT2D eigenvalue weighted by Gasteiger charge is -2.18. The number of carbonyl (C=O) groups is 2. The normalized spacial score (nSPS) is 12.3. The molecule has 0 spiro atoms. The molecule has 1 atom stereocenters. The fraction of sp³-hybridized carbons (Fsp3) is 0.143. The second-order valence-corrected chi connectivity index (χ2v) is 10.5. The fourth-order valence-corrected chi connectivity index (χ4v) is 5.10. The molecule has 0 radical (unpaired) electrons. The molecule has 0 aliphatic rings. The number of fused-ring (bicyclic) bond motifs is 1. The fourth-order valence-electron chi connectivity index (χ4n) is 3.77. The van der Waals surface area contributed by atoms with Crippen LogP contribution in [0.15, 0.2) is 95.9 Å². The molecule has 0 fully saturated rings. The summed E-state index contributed by atoms with van der Waals surface area (Å²) >= 11 is 0. The van der Waals surface area contributed by atoms with Gasteiger partial charge in [-0.25, -0.2) is 13.2 Å². The summed E-state index contributed by atoms with van der Waals surface area (Å²) in [6.45, 7) is 3.26. The number of carbonyl (C=O) groups excluding carboxylic acids is 1. The number of aliphatic carboxylic acids is 1. The van der Waals surface area contributed by atoms with Crippen LogP contribution >= 0.6 is 0 Å². The summed E-state index contributed by atoms with van der Waals surface area (Å²) in [6.07, 6.45) is -0.619. The van der Waals surface area contributed by atoms with Gasteiger partial charge in [0, 0.05) is 5.69 Å². The molecule has 9 heteroatoms. The van der Waals surface area contributed by atoms with E-state index < -0.39 is 34.0 Å². The lowest BCUT2D eigenvalue weighted by Crippen LogP contribution is -2.44. The van der Waals surface area contributed by atoms with E-state index in [0.29, 0.717) is 11.4 Å². The van der Waals surface area contributed by atoms with E-state index in [2.05, 4.69) is 10.0 Å². The summed E-state index contributed by atoms with van der Waals surface area (Å²) in [6, 6.07) is 25.0. The number of benzene rings is 4. The third-order valence-electron chi connectivity index (χ3n) is 5.77. The van der Waals surface area contributed by atoms with Crippen LogP contribution in [0.3, 0.4) is 0 Å². The Hall–Kier alpha value is -4.21. The maximum atomic E-state index is 12.6. The topological polar surface area (TPSA) is 122 Å². The van der Waals surface area contributed by atoms with Crippen LogP contribution in [0.25, 0.3) is 21.9 Å². The Kier molecular flexibility index (Phi) is 7.56. The number of nitrogens with one attached hydrogen (secondary N) is 2. The number of anilines is 1. The Balaban J connectivity index is 1.40. The molecular weight excluding hydrogens is 492 g/mol. The minimum absolute atomic E-state index is 0.0338. The first kappa shape index (κ1) is 25.9. The predicted octanol–water partition coefficient (Wildman–Crippen LogP) is 5.51. The second kappa shape index (κ2) is 10.8. The molecule has 37 heavy (non-hydrogen) atoms. The Morgan fingerprint density at radius 1 is 0.811 bits per heavy atom. The van der Waals surface area contributed by atoms with E-state index in [9.17, 15) is 23.1 Å². The van der Waals surface area contributed by atoms with Gasteiger partial charge < -0.3 is 9.84 Å². The Labute approximate surface area is 215 Å². The molecule has 0 saturated carbocycles. The van der Waals surface area contributed by atoms with Gasteiger partial charge >= 0.3 is 12.1 Å². The van der Waals surface area contributed by atoms with Crippen molar-refractivity contribution in [3.63, 3.8) is 0 Å². The molecule has 3 N–H and O–H groups in total. The van der Waals surface area contributed by atoms with Crippen molar-refractivity contribution in [3.8, 4) is 16.9 Å². The summed E-state index contributed by atoms with van der Waals surface area (Å²) in [5.41, 5.74) is 2.14. The van der Waals surface area contributed by atoms with Crippen LogP contribution < -0.4 is 14.8 Å². The summed E-state index contributed by atoms with van der Waals surface area (Å²) in [5.74, 6) is -1.30. The maximum Gasteiger partial charge on any atom is 0.417 e. The molecule has 0 saturated heterocycles. The number of amides is 1. The molecule has 0 aliphatic carbocycles. The van der Waals surface area contributed by atoms with Gasteiger partial charge in [0.2, 0.25) is 10.0 Å². The van der Waals surface area contributed by atoms with Crippen molar-refractivity contribution in [2.24, 2.45) is 5.92 Å². The highest BCUT2D eigenvalue weighted by Gasteiger charge is 2.28. The Bertz CT molecular complexity index is 1530. The Morgan fingerprint density at radius 2 is 1.41 bits per heavy atom. The van der Waals surface area contributed by atoms with Gasteiger partial charge in [-0.2, -0.15) is 4.72 Å². The van der Waals surface area contributed by atoms with Crippen LogP contribution in [-0.4, -0.2) is 31.6 Å². The van der Waals surface area contributed by atoms with E-state index in [4.69, 9.17) is 4.74 Å². The van der Waals surface area contributed by atoms with Gasteiger partial charge in [0.25, 0.3) is 0 Å². The molecule has 0 unspecified atom stereocenters. The summed E-state index contributed by atoms with van der Waals surface area (Å²) in [5, 5.41) is 14.1. The van der Waals surface area contributed by atoms with Crippen molar-refractivity contribution < 1.29 is 27.9 Å². The number of ether oxygens (including phenoxy) is 1. The molecule has 0 aliphatic heterocycles. The van der Waals surface area contributed by atoms with Crippen molar-refractivity contribution in [2.45, 2.75) is 24.8 Å². The highest BCUT2D eigenvalue weighted by molar-refractivity contribution is 7.89. The largest absolute Gasteiger partial charge is 0.480 e. The highest BCUT2D eigenvalue weighted by Crippen LogP contribution is 2.25. The Morgan fingerprint density at radius 3 is 2.00 bits per heavy atom. The van der Waals surface area contributed by atoms with Crippen LogP contribution in [0.5, 0.6) is 5.75 Å².